The van der Waals surface area contributed by atoms with Crippen LogP contribution < -0.4 is 11.1 Å². The van der Waals surface area contributed by atoms with Crippen molar-refractivity contribution in [2.75, 3.05) is 26.3 Å². The number of amides is 3. The molecule has 1 rings (SSSR count). The maximum Gasteiger partial charge on any atom is 0.318 e. The number of imide groups is 1. The van der Waals surface area contributed by atoms with E-state index < -0.39 is 11.9 Å². The van der Waals surface area contributed by atoms with Crippen molar-refractivity contribution in [3.63, 3.8) is 0 Å². The summed E-state index contributed by atoms with van der Waals surface area (Å²) in [6, 6.07) is -0.641. The molecule has 7 nitrogen and oxygen atoms in total. The van der Waals surface area contributed by atoms with Gasteiger partial charge in [0.1, 0.15) is 0 Å². The zero-order valence-corrected chi connectivity index (χ0v) is 9.89. The van der Waals surface area contributed by atoms with E-state index in [1.54, 1.807) is 0 Å². The fraction of sp³-hybridized carbons (Fsp3) is 0.800. The quantitative estimate of drug-likeness (QED) is 0.568. The van der Waals surface area contributed by atoms with Gasteiger partial charge in [0.2, 0.25) is 5.91 Å². The largest absolute Gasteiger partial charge is 0.394 e. The molecular formula is C10H19N3O4. The highest BCUT2D eigenvalue weighted by Crippen LogP contribution is 2.11. The van der Waals surface area contributed by atoms with Gasteiger partial charge in [-0.25, -0.2) is 4.79 Å². The molecule has 0 bridgehead atoms. The molecule has 3 amide bonds. The van der Waals surface area contributed by atoms with Crippen molar-refractivity contribution in [1.82, 2.24) is 10.2 Å². The van der Waals surface area contributed by atoms with E-state index >= 15 is 0 Å². The van der Waals surface area contributed by atoms with Gasteiger partial charge in [0.05, 0.1) is 19.3 Å². The second kappa shape index (κ2) is 6.53. The molecule has 1 aliphatic rings. The lowest BCUT2D eigenvalue weighted by atomic mass is 10.2. The van der Waals surface area contributed by atoms with Gasteiger partial charge >= 0.3 is 6.03 Å². The second-order valence-electron chi connectivity index (χ2n) is 4.14. The van der Waals surface area contributed by atoms with Crippen LogP contribution in [0.4, 0.5) is 4.79 Å². The molecule has 0 aliphatic carbocycles. The number of hydrogen-bond donors (Lipinski definition) is 3. The molecule has 17 heavy (non-hydrogen) atoms. The first-order valence-corrected chi connectivity index (χ1v) is 5.58. The lowest BCUT2D eigenvalue weighted by Gasteiger charge is -2.37. The highest BCUT2D eigenvalue weighted by Gasteiger charge is 2.25. The SMILES string of the molecule is CC1COC(CO)CN1CCC(=O)NC(N)=O. The van der Waals surface area contributed by atoms with Crippen molar-refractivity contribution in [2.45, 2.75) is 25.5 Å². The van der Waals surface area contributed by atoms with Crippen molar-refractivity contribution < 1.29 is 19.4 Å². The average molecular weight is 245 g/mol. The van der Waals surface area contributed by atoms with Crippen LogP contribution in [0.1, 0.15) is 13.3 Å². The van der Waals surface area contributed by atoms with Crippen molar-refractivity contribution in [2.24, 2.45) is 5.73 Å². The van der Waals surface area contributed by atoms with E-state index in [9.17, 15) is 9.59 Å². The molecule has 1 saturated heterocycles. The molecule has 4 N–H and O–H groups in total. The number of hydrogen-bond acceptors (Lipinski definition) is 5. The Hall–Kier alpha value is -1.18. The lowest BCUT2D eigenvalue weighted by Crippen LogP contribution is -2.50. The van der Waals surface area contributed by atoms with Crippen molar-refractivity contribution >= 4 is 11.9 Å². The maximum atomic E-state index is 11.2. The number of ether oxygens (including phenoxy) is 1. The van der Waals surface area contributed by atoms with Gasteiger partial charge in [0.15, 0.2) is 0 Å². The molecule has 2 unspecified atom stereocenters. The number of urea groups is 1. The van der Waals surface area contributed by atoms with Crippen molar-refractivity contribution in [1.29, 1.82) is 0 Å². The summed E-state index contributed by atoms with van der Waals surface area (Å²) >= 11 is 0. The van der Waals surface area contributed by atoms with Crippen LogP contribution in [0.5, 0.6) is 0 Å². The molecule has 1 heterocycles. The van der Waals surface area contributed by atoms with E-state index in [-0.39, 0.29) is 25.2 Å². The van der Waals surface area contributed by atoms with Crippen LogP contribution in [0.3, 0.4) is 0 Å². The smallest absolute Gasteiger partial charge is 0.318 e. The van der Waals surface area contributed by atoms with Crippen LogP contribution in [-0.2, 0) is 9.53 Å². The highest BCUT2D eigenvalue weighted by atomic mass is 16.5. The minimum atomic E-state index is -0.835. The molecule has 0 aromatic carbocycles. The molecule has 0 spiro atoms. The van der Waals surface area contributed by atoms with Crippen LogP contribution >= 0.6 is 0 Å². The number of primary amides is 1. The van der Waals surface area contributed by atoms with Gasteiger partial charge in [-0.05, 0) is 6.92 Å². The molecule has 7 heteroatoms. The van der Waals surface area contributed by atoms with E-state index in [0.717, 1.165) is 0 Å². The molecule has 98 valence electrons. The summed E-state index contributed by atoms with van der Waals surface area (Å²) < 4.78 is 5.37. The molecule has 1 aliphatic heterocycles. The normalized spacial score (nSPS) is 25.5. The van der Waals surface area contributed by atoms with E-state index in [1.165, 1.54) is 0 Å². The Morgan fingerprint density at radius 2 is 2.29 bits per heavy atom. The standard InChI is InChI=1S/C10H19N3O4/c1-7-6-17-8(5-14)4-13(7)3-2-9(15)12-10(11)16/h7-8,14H,2-6H2,1H3,(H3,11,12,15,16). The number of nitrogens with one attached hydrogen (secondary N) is 1. The van der Waals surface area contributed by atoms with Crippen LogP contribution in [0.2, 0.25) is 0 Å². The molecular weight excluding hydrogens is 226 g/mol. The minimum Gasteiger partial charge on any atom is -0.394 e. The fourth-order valence-electron chi connectivity index (χ4n) is 1.74. The Bertz CT molecular complexity index is 285. The van der Waals surface area contributed by atoms with Crippen molar-refractivity contribution in [3.05, 3.63) is 0 Å². The zero-order chi connectivity index (χ0) is 12.8. The summed E-state index contributed by atoms with van der Waals surface area (Å²) in [5, 5.41) is 11.0. The number of nitrogens with zero attached hydrogens (tertiary/aromatic N) is 1. The number of carbonyl (C=O) groups is 2. The third-order valence-corrected chi connectivity index (χ3v) is 2.73. The number of aliphatic hydroxyl groups is 1. The second-order valence-corrected chi connectivity index (χ2v) is 4.14. The predicted molar refractivity (Wildman–Crippen MR) is 60.2 cm³/mol. The third-order valence-electron chi connectivity index (χ3n) is 2.73. The van der Waals surface area contributed by atoms with E-state index in [1.807, 2.05) is 17.1 Å². The summed E-state index contributed by atoms with van der Waals surface area (Å²) in [6.07, 6.45) is -0.00350. The molecule has 0 aromatic rings. The number of aliphatic hydroxyl groups excluding tert-OH is 1. The van der Waals surface area contributed by atoms with Gasteiger partial charge in [-0.15, -0.1) is 0 Å². The van der Waals surface area contributed by atoms with Crippen LogP contribution in [0.15, 0.2) is 0 Å². The summed E-state index contributed by atoms with van der Waals surface area (Å²) in [6.45, 7) is 3.58. The Balaban J connectivity index is 2.33. The van der Waals surface area contributed by atoms with E-state index in [0.29, 0.717) is 19.7 Å². The van der Waals surface area contributed by atoms with Gasteiger partial charge in [0, 0.05) is 25.6 Å². The summed E-state index contributed by atoms with van der Waals surface area (Å²) in [7, 11) is 0. The number of carbonyl (C=O) groups excluding carboxylic acids is 2. The fourth-order valence-corrected chi connectivity index (χ4v) is 1.74. The molecule has 0 radical (unpaired) electrons. The first-order valence-electron chi connectivity index (χ1n) is 5.58. The van der Waals surface area contributed by atoms with E-state index in [2.05, 4.69) is 0 Å². The predicted octanol–water partition coefficient (Wildman–Crippen LogP) is -1.35. The van der Waals surface area contributed by atoms with Crippen LogP contribution in [0, 0.1) is 0 Å². The number of nitrogens with two attached hydrogens (primary N) is 1. The topological polar surface area (TPSA) is 105 Å². The van der Waals surface area contributed by atoms with Crippen molar-refractivity contribution in [3.8, 4) is 0 Å². The minimum absolute atomic E-state index is 0.0310. The summed E-state index contributed by atoms with van der Waals surface area (Å²) in [5.41, 5.74) is 4.84. The third kappa shape index (κ3) is 4.68. The average Bonchev–Trinajstić information content (AvgIpc) is 2.27. The summed E-state index contributed by atoms with van der Waals surface area (Å²) in [4.78, 5) is 23.7. The lowest BCUT2D eigenvalue weighted by molar-refractivity contribution is -0.121. The molecule has 2 atom stereocenters. The van der Waals surface area contributed by atoms with Gasteiger partial charge in [-0.3, -0.25) is 15.0 Å². The van der Waals surface area contributed by atoms with Gasteiger partial charge in [-0.1, -0.05) is 0 Å². The summed E-state index contributed by atoms with van der Waals surface area (Å²) in [5.74, 6) is -0.392. The Labute approximate surface area is 99.9 Å². The van der Waals surface area contributed by atoms with Gasteiger partial charge in [-0.2, -0.15) is 0 Å². The van der Waals surface area contributed by atoms with Gasteiger partial charge in [0.25, 0.3) is 0 Å². The van der Waals surface area contributed by atoms with Crippen LogP contribution in [0.25, 0.3) is 0 Å². The monoisotopic (exact) mass is 245 g/mol. The number of morpholine rings is 1. The molecule has 1 fully saturated rings. The zero-order valence-electron chi connectivity index (χ0n) is 9.89. The Morgan fingerprint density at radius 1 is 1.59 bits per heavy atom. The first kappa shape index (κ1) is 13.9. The van der Waals surface area contributed by atoms with Gasteiger partial charge < -0.3 is 15.6 Å². The Kier molecular flexibility index (Phi) is 5.33. The molecule has 0 aromatic heterocycles. The molecule has 0 saturated carbocycles. The van der Waals surface area contributed by atoms with E-state index in [4.69, 9.17) is 15.6 Å². The maximum absolute atomic E-state index is 11.2. The van der Waals surface area contributed by atoms with Crippen LogP contribution in [-0.4, -0.2) is 60.4 Å². The first-order chi connectivity index (χ1) is 8.02. The number of rotatable bonds is 4. The highest BCUT2D eigenvalue weighted by molar-refractivity contribution is 5.93. The Morgan fingerprint density at radius 3 is 2.88 bits per heavy atom.